The molecule has 0 saturated heterocycles. The summed E-state index contributed by atoms with van der Waals surface area (Å²) >= 11 is 0. The van der Waals surface area contributed by atoms with E-state index in [-0.39, 0.29) is 75.6 Å². The molecule has 0 atom stereocenters. The van der Waals surface area contributed by atoms with Gasteiger partial charge in [0.15, 0.2) is 0 Å². The second-order valence-corrected chi connectivity index (χ2v) is 2.42. The molecule has 82 valence electrons. The quantitative estimate of drug-likeness (QED) is 0.496. The average molecular weight is 294 g/mol. The Balaban J connectivity index is -0.000000240. The second-order valence-electron chi connectivity index (χ2n) is 2.42. The minimum atomic E-state index is -2.97. The minimum Gasteiger partial charge on any atom is -0.550 e. The first kappa shape index (κ1) is 25.6. The van der Waals surface area contributed by atoms with E-state index in [9.17, 15) is 29.7 Å². The van der Waals surface area contributed by atoms with Gasteiger partial charge in [0, 0.05) is 24.8 Å². The van der Waals surface area contributed by atoms with Crippen LogP contribution in [0.4, 0.5) is 0 Å². The van der Waals surface area contributed by atoms with Gasteiger partial charge >= 0.3 is 75.6 Å². The molecule has 0 radical (unpaired) electrons. The van der Waals surface area contributed by atoms with E-state index in [2.05, 4.69) is 0 Å². The smallest absolute Gasteiger partial charge is 0.550 e. The van der Waals surface area contributed by atoms with Gasteiger partial charge in [-0.15, -0.1) is 0 Å². The molecule has 7 nitrogen and oxygen atoms in total. The summed E-state index contributed by atoms with van der Waals surface area (Å²) in [5.74, 6) is -5.98. The SMILES string of the molecule is O=C([O-])CC(O)(CC(=O)[O-])C(=O)[O-].[Na+].[Na+].[Ni+2]. The van der Waals surface area contributed by atoms with Crippen LogP contribution >= 0.6 is 0 Å². The van der Waals surface area contributed by atoms with Crippen molar-refractivity contribution in [2.45, 2.75) is 18.4 Å². The molecule has 0 rings (SSSR count). The molecule has 0 fully saturated rings. The van der Waals surface area contributed by atoms with E-state index < -0.39 is 36.4 Å². The number of carboxylic acids is 3. The van der Waals surface area contributed by atoms with Gasteiger partial charge in [-0.25, -0.2) is 0 Å². The summed E-state index contributed by atoms with van der Waals surface area (Å²) < 4.78 is 0. The fourth-order valence-corrected chi connectivity index (χ4v) is 0.684. The van der Waals surface area contributed by atoms with E-state index in [0.717, 1.165) is 0 Å². The Bertz CT molecular complexity index is 241. The van der Waals surface area contributed by atoms with Crippen molar-refractivity contribution in [3.05, 3.63) is 0 Å². The summed E-state index contributed by atoms with van der Waals surface area (Å²) in [4.78, 5) is 30.0. The Labute approximate surface area is 145 Å². The van der Waals surface area contributed by atoms with Crippen molar-refractivity contribution in [2.24, 2.45) is 0 Å². The van der Waals surface area contributed by atoms with Crippen molar-refractivity contribution < 1.29 is 110 Å². The van der Waals surface area contributed by atoms with Crippen LogP contribution in [0.1, 0.15) is 12.8 Å². The first-order valence-corrected chi connectivity index (χ1v) is 3.11. The molecular formula is C6H5Na2NiO7+. The van der Waals surface area contributed by atoms with Crippen LogP contribution in [-0.2, 0) is 30.9 Å². The molecule has 0 aliphatic rings. The van der Waals surface area contributed by atoms with Crippen molar-refractivity contribution >= 4 is 17.9 Å². The fraction of sp³-hybridized carbons (Fsp3) is 0.500. The van der Waals surface area contributed by atoms with E-state index in [1.807, 2.05) is 0 Å². The predicted octanol–water partition coefficient (Wildman–Crippen LogP) is -11.2. The normalized spacial score (nSPS) is 8.81. The monoisotopic (exact) mass is 293 g/mol. The molecule has 0 aromatic rings. The van der Waals surface area contributed by atoms with E-state index in [0.29, 0.717) is 0 Å². The van der Waals surface area contributed by atoms with Crippen LogP contribution in [0.2, 0.25) is 0 Å². The van der Waals surface area contributed by atoms with Crippen molar-refractivity contribution in [2.75, 3.05) is 0 Å². The molecule has 0 heterocycles. The number of rotatable bonds is 5. The molecule has 0 saturated carbocycles. The summed E-state index contributed by atoms with van der Waals surface area (Å²) in [5.41, 5.74) is -2.97. The number of aliphatic carboxylic acids is 3. The summed E-state index contributed by atoms with van der Waals surface area (Å²) in [7, 11) is 0. The van der Waals surface area contributed by atoms with E-state index in [1.165, 1.54) is 0 Å². The molecule has 0 aromatic carbocycles. The number of carbonyl (C=O) groups excluding carboxylic acids is 3. The van der Waals surface area contributed by atoms with Gasteiger partial charge in [0.1, 0.15) is 5.60 Å². The molecular weight excluding hydrogens is 289 g/mol. The summed E-state index contributed by atoms with van der Waals surface area (Å²) in [6, 6.07) is 0. The Morgan fingerprint density at radius 2 is 1.19 bits per heavy atom. The summed E-state index contributed by atoms with van der Waals surface area (Å²) in [6.45, 7) is 0. The third-order valence-corrected chi connectivity index (χ3v) is 1.25. The number of aliphatic hydroxyl groups is 1. The average Bonchev–Trinajstić information content (AvgIpc) is 1.82. The Morgan fingerprint density at radius 3 is 1.31 bits per heavy atom. The third-order valence-electron chi connectivity index (χ3n) is 1.25. The molecule has 0 bridgehead atoms. The van der Waals surface area contributed by atoms with Crippen LogP contribution in [0.15, 0.2) is 0 Å². The fourth-order valence-electron chi connectivity index (χ4n) is 0.684. The van der Waals surface area contributed by atoms with E-state index in [4.69, 9.17) is 5.11 Å². The number of hydrogen-bond acceptors (Lipinski definition) is 7. The first-order valence-electron chi connectivity index (χ1n) is 3.11. The Hall–Kier alpha value is 0.864. The van der Waals surface area contributed by atoms with Crippen LogP contribution in [0, 0.1) is 0 Å². The standard InChI is InChI=1S/C6H8O7.2Na.Ni/c7-3(8)1-6(13,5(11)12)2-4(9)10;;;/h13H,1-2H2,(H,7,8)(H,9,10)(H,11,12);;;/q;2*+1;+2/p-3. The zero-order valence-electron chi connectivity index (χ0n) is 8.63. The molecule has 0 aliphatic carbocycles. The van der Waals surface area contributed by atoms with Crippen molar-refractivity contribution in [1.29, 1.82) is 0 Å². The Morgan fingerprint density at radius 1 is 0.938 bits per heavy atom. The largest absolute Gasteiger partial charge is 2.00 e. The van der Waals surface area contributed by atoms with Gasteiger partial charge in [-0.05, 0) is 0 Å². The predicted molar refractivity (Wildman–Crippen MR) is 29.2 cm³/mol. The molecule has 1 N–H and O–H groups in total. The molecule has 16 heavy (non-hydrogen) atoms. The van der Waals surface area contributed by atoms with Crippen LogP contribution in [0.3, 0.4) is 0 Å². The zero-order chi connectivity index (χ0) is 10.6. The van der Waals surface area contributed by atoms with Gasteiger partial charge < -0.3 is 34.8 Å². The van der Waals surface area contributed by atoms with Crippen molar-refractivity contribution in [1.82, 2.24) is 0 Å². The Kier molecular flexibility index (Phi) is 17.6. The summed E-state index contributed by atoms with van der Waals surface area (Å²) in [5, 5.41) is 38.9. The number of carboxylic acid groups (broad SMARTS) is 3. The second kappa shape index (κ2) is 11.0. The molecule has 0 aliphatic heterocycles. The topological polar surface area (TPSA) is 141 Å². The van der Waals surface area contributed by atoms with Crippen LogP contribution in [-0.4, -0.2) is 28.6 Å². The van der Waals surface area contributed by atoms with Gasteiger partial charge in [-0.2, -0.15) is 0 Å². The molecule has 10 heteroatoms. The van der Waals surface area contributed by atoms with Gasteiger partial charge in [0.05, 0.1) is 5.97 Å². The molecule has 0 aromatic heterocycles. The van der Waals surface area contributed by atoms with E-state index >= 15 is 0 Å². The van der Waals surface area contributed by atoms with Gasteiger partial charge in [0.2, 0.25) is 0 Å². The van der Waals surface area contributed by atoms with Crippen LogP contribution in [0.5, 0.6) is 0 Å². The van der Waals surface area contributed by atoms with Crippen LogP contribution in [0.25, 0.3) is 0 Å². The molecule has 0 amide bonds. The summed E-state index contributed by atoms with van der Waals surface area (Å²) in [6.07, 6.45) is -2.72. The van der Waals surface area contributed by atoms with Crippen molar-refractivity contribution in [3.8, 4) is 0 Å². The van der Waals surface area contributed by atoms with Gasteiger partial charge in [-0.1, -0.05) is 0 Å². The van der Waals surface area contributed by atoms with Crippen LogP contribution < -0.4 is 74.4 Å². The first-order chi connectivity index (χ1) is 5.78. The number of carbonyl (C=O) groups is 3. The van der Waals surface area contributed by atoms with Gasteiger partial charge in [-0.3, -0.25) is 0 Å². The maximum absolute atomic E-state index is 10.1. The molecule has 0 unspecified atom stereocenters. The maximum Gasteiger partial charge on any atom is 2.00 e. The maximum atomic E-state index is 10.1. The molecule has 0 spiro atoms. The van der Waals surface area contributed by atoms with Gasteiger partial charge in [0.25, 0.3) is 0 Å². The minimum absolute atomic E-state index is 0. The van der Waals surface area contributed by atoms with E-state index in [1.54, 1.807) is 0 Å². The number of hydrogen-bond donors (Lipinski definition) is 1. The zero-order valence-corrected chi connectivity index (χ0v) is 13.6. The third kappa shape index (κ3) is 10.0. The van der Waals surface area contributed by atoms with Crippen molar-refractivity contribution in [3.63, 3.8) is 0 Å².